The van der Waals surface area contributed by atoms with Crippen LogP contribution < -0.4 is 5.73 Å². The molecule has 1 heterocycles. The molecule has 21 heavy (non-hydrogen) atoms. The smallest absolute Gasteiger partial charge is 0.245 e. The van der Waals surface area contributed by atoms with Crippen LogP contribution in [-0.2, 0) is 16.6 Å². The van der Waals surface area contributed by atoms with Gasteiger partial charge in [0.15, 0.2) is 0 Å². The number of nitrogens with two attached hydrogens (primary N) is 1. The molecule has 1 aliphatic heterocycles. The van der Waals surface area contributed by atoms with Gasteiger partial charge in [0.1, 0.15) is 10.7 Å². The van der Waals surface area contributed by atoms with Crippen LogP contribution in [-0.4, -0.2) is 25.8 Å². The van der Waals surface area contributed by atoms with Gasteiger partial charge in [0.05, 0.1) is 0 Å². The van der Waals surface area contributed by atoms with Crippen molar-refractivity contribution in [3.8, 4) is 0 Å². The summed E-state index contributed by atoms with van der Waals surface area (Å²) in [5.74, 6) is -0.712. The van der Waals surface area contributed by atoms with Gasteiger partial charge in [-0.15, -0.1) is 0 Å². The molecule has 0 aliphatic carbocycles. The first kappa shape index (κ1) is 16.4. The fourth-order valence-corrected chi connectivity index (χ4v) is 4.24. The lowest BCUT2D eigenvalue weighted by molar-refractivity contribution is 0.314. The van der Waals surface area contributed by atoms with Gasteiger partial charge in [-0.2, -0.15) is 4.31 Å². The summed E-state index contributed by atoms with van der Waals surface area (Å²) in [5, 5.41) is 0. The second kappa shape index (κ2) is 6.02. The summed E-state index contributed by atoms with van der Waals surface area (Å²) < 4.78 is 40.7. The third kappa shape index (κ3) is 3.62. The van der Waals surface area contributed by atoms with E-state index >= 15 is 0 Å². The largest absolute Gasteiger partial charge is 0.326 e. The Morgan fingerprint density at radius 1 is 1.29 bits per heavy atom. The molecule has 0 atom stereocenters. The molecule has 4 nitrogen and oxygen atoms in total. The van der Waals surface area contributed by atoms with Crippen LogP contribution in [0.3, 0.4) is 0 Å². The molecule has 1 aromatic rings. The zero-order valence-electron chi connectivity index (χ0n) is 12.6. The fraction of sp³-hybridized carbons (Fsp3) is 0.600. The molecular formula is C15H23FN2O2S. The Hall–Kier alpha value is -0.980. The Labute approximate surface area is 126 Å². The SMILES string of the molecule is CC1(C)CCCN(S(=O)(=O)c2cc(CN)ccc2F)CC1. The molecule has 0 unspecified atom stereocenters. The van der Waals surface area contributed by atoms with E-state index in [-0.39, 0.29) is 16.9 Å². The van der Waals surface area contributed by atoms with Crippen LogP contribution in [0.25, 0.3) is 0 Å². The highest BCUT2D eigenvalue weighted by Gasteiger charge is 2.32. The van der Waals surface area contributed by atoms with Gasteiger partial charge in [0.25, 0.3) is 0 Å². The van der Waals surface area contributed by atoms with E-state index in [0.29, 0.717) is 18.7 Å². The van der Waals surface area contributed by atoms with Gasteiger partial charge in [0.2, 0.25) is 10.0 Å². The van der Waals surface area contributed by atoms with Crippen LogP contribution in [0, 0.1) is 11.2 Å². The van der Waals surface area contributed by atoms with E-state index in [1.54, 1.807) is 0 Å². The van der Waals surface area contributed by atoms with Crippen molar-refractivity contribution < 1.29 is 12.8 Å². The second-order valence-corrected chi connectivity index (χ2v) is 8.30. The Bertz CT molecular complexity index is 614. The van der Waals surface area contributed by atoms with Gasteiger partial charge in [-0.3, -0.25) is 0 Å². The van der Waals surface area contributed by atoms with Crippen molar-refractivity contribution in [1.82, 2.24) is 4.31 Å². The van der Waals surface area contributed by atoms with E-state index in [9.17, 15) is 12.8 Å². The highest BCUT2D eigenvalue weighted by Crippen LogP contribution is 2.32. The minimum Gasteiger partial charge on any atom is -0.326 e. The lowest BCUT2D eigenvalue weighted by atomic mass is 9.85. The molecule has 1 aromatic carbocycles. The number of halogens is 1. The molecule has 0 aromatic heterocycles. The maximum Gasteiger partial charge on any atom is 0.245 e. The first-order chi connectivity index (χ1) is 9.76. The van der Waals surface area contributed by atoms with Gasteiger partial charge in [-0.1, -0.05) is 19.9 Å². The molecule has 0 bridgehead atoms. The highest BCUT2D eigenvalue weighted by atomic mass is 32.2. The lowest BCUT2D eigenvalue weighted by Gasteiger charge is -2.23. The van der Waals surface area contributed by atoms with E-state index in [0.717, 1.165) is 19.3 Å². The molecule has 6 heteroatoms. The van der Waals surface area contributed by atoms with Gasteiger partial charge in [0, 0.05) is 19.6 Å². The minimum atomic E-state index is -3.80. The summed E-state index contributed by atoms with van der Waals surface area (Å²) >= 11 is 0. The Morgan fingerprint density at radius 2 is 2.00 bits per heavy atom. The topological polar surface area (TPSA) is 63.4 Å². The van der Waals surface area contributed by atoms with Crippen LogP contribution in [0.15, 0.2) is 23.1 Å². The van der Waals surface area contributed by atoms with Crippen molar-refractivity contribution in [2.24, 2.45) is 11.1 Å². The monoisotopic (exact) mass is 314 g/mol. The first-order valence-electron chi connectivity index (χ1n) is 7.25. The van der Waals surface area contributed by atoms with Crippen molar-refractivity contribution in [2.45, 2.75) is 44.6 Å². The van der Waals surface area contributed by atoms with E-state index < -0.39 is 15.8 Å². The average Bonchev–Trinajstić information content (AvgIpc) is 2.60. The number of rotatable bonds is 3. The fourth-order valence-electron chi connectivity index (χ4n) is 2.65. The molecule has 1 saturated heterocycles. The Morgan fingerprint density at radius 3 is 2.67 bits per heavy atom. The highest BCUT2D eigenvalue weighted by molar-refractivity contribution is 7.89. The van der Waals surface area contributed by atoms with E-state index in [1.807, 2.05) is 0 Å². The Kier molecular flexibility index (Phi) is 4.70. The molecule has 1 aliphatic rings. The van der Waals surface area contributed by atoms with Gasteiger partial charge >= 0.3 is 0 Å². The molecule has 2 N–H and O–H groups in total. The van der Waals surface area contributed by atoms with Crippen LogP contribution in [0.5, 0.6) is 0 Å². The number of hydrogen-bond donors (Lipinski definition) is 1. The van der Waals surface area contributed by atoms with Crippen LogP contribution >= 0.6 is 0 Å². The molecule has 1 fully saturated rings. The zero-order valence-corrected chi connectivity index (χ0v) is 13.4. The minimum absolute atomic E-state index is 0.127. The summed E-state index contributed by atoms with van der Waals surface area (Å²) in [6.07, 6.45) is 2.55. The maximum atomic E-state index is 14.0. The van der Waals surface area contributed by atoms with Crippen molar-refractivity contribution in [2.75, 3.05) is 13.1 Å². The summed E-state index contributed by atoms with van der Waals surface area (Å²) in [6, 6.07) is 4.04. The van der Waals surface area contributed by atoms with Gasteiger partial charge in [-0.25, -0.2) is 12.8 Å². The molecule has 2 rings (SSSR count). The molecule has 0 amide bonds. The van der Waals surface area contributed by atoms with Crippen LogP contribution in [0.2, 0.25) is 0 Å². The molecule has 0 spiro atoms. The maximum absolute atomic E-state index is 14.0. The average molecular weight is 314 g/mol. The summed E-state index contributed by atoms with van der Waals surface area (Å²) in [4.78, 5) is -0.259. The summed E-state index contributed by atoms with van der Waals surface area (Å²) in [7, 11) is -3.80. The van der Waals surface area contributed by atoms with E-state index in [1.165, 1.54) is 22.5 Å². The lowest BCUT2D eigenvalue weighted by Crippen LogP contribution is -2.33. The summed E-state index contributed by atoms with van der Waals surface area (Å²) in [6.45, 7) is 5.34. The Balaban J connectivity index is 2.33. The molecule has 0 radical (unpaired) electrons. The predicted octanol–water partition coefficient (Wildman–Crippen LogP) is 2.49. The van der Waals surface area contributed by atoms with E-state index in [2.05, 4.69) is 13.8 Å². The third-order valence-electron chi connectivity index (χ3n) is 4.15. The molecular weight excluding hydrogens is 291 g/mol. The molecule has 118 valence electrons. The van der Waals surface area contributed by atoms with Crippen molar-refractivity contribution >= 4 is 10.0 Å². The van der Waals surface area contributed by atoms with Crippen molar-refractivity contribution in [1.29, 1.82) is 0 Å². The van der Waals surface area contributed by atoms with Crippen LogP contribution in [0.4, 0.5) is 4.39 Å². The normalized spacial score (nSPS) is 20.2. The zero-order chi connectivity index (χ0) is 15.7. The third-order valence-corrected chi connectivity index (χ3v) is 6.06. The van der Waals surface area contributed by atoms with Crippen molar-refractivity contribution in [3.63, 3.8) is 0 Å². The quantitative estimate of drug-likeness (QED) is 0.932. The van der Waals surface area contributed by atoms with Crippen molar-refractivity contribution in [3.05, 3.63) is 29.6 Å². The second-order valence-electron chi connectivity index (χ2n) is 6.39. The van der Waals surface area contributed by atoms with E-state index in [4.69, 9.17) is 5.73 Å². The molecule has 0 saturated carbocycles. The number of benzene rings is 1. The predicted molar refractivity (Wildman–Crippen MR) is 80.7 cm³/mol. The number of hydrogen-bond acceptors (Lipinski definition) is 3. The van der Waals surface area contributed by atoms with Gasteiger partial charge < -0.3 is 5.73 Å². The summed E-state index contributed by atoms with van der Waals surface area (Å²) in [5.41, 5.74) is 6.26. The first-order valence-corrected chi connectivity index (χ1v) is 8.69. The van der Waals surface area contributed by atoms with Crippen LogP contribution in [0.1, 0.15) is 38.7 Å². The number of nitrogens with zero attached hydrogens (tertiary/aromatic N) is 1. The number of sulfonamides is 1. The standard InChI is InChI=1S/C15H23FN2O2S/c1-15(2)6-3-8-18(9-7-15)21(19,20)14-10-12(11-17)4-5-13(14)16/h4-5,10H,3,6-9,11,17H2,1-2H3. The van der Waals surface area contributed by atoms with Gasteiger partial charge in [-0.05, 0) is 42.4 Å².